The molecule has 6 heteroatoms. The van der Waals surface area contributed by atoms with Gasteiger partial charge in [0.15, 0.2) is 0 Å². The van der Waals surface area contributed by atoms with E-state index < -0.39 is 15.1 Å². The van der Waals surface area contributed by atoms with Gasteiger partial charge in [0.25, 0.3) is 0 Å². The zero-order valence-electron chi connectivity index (χ0n) is 12.3. The molecule has 112 valence electrons. The second-order valence-electron chi connectivity index (χ2n) is 5.10. The molecule has 1 unspecified atom stereocenters. The van der Waals surface area contributed by atoms with Gasteiger partial charge in [-0.1, -0.05) is 31.4 Å². The van der Waals surface area contributed by atoms with E-state index in [1.165, 1.54) is 25.0 Å². The average Bonchev–Trinajstić information content (AvgIpc) is 2.48. The number of halogens is 2. The quantitative estimate of drug-likeness (QED) is 0.659. The van der Waals surface area contributed by atoms with Crippen molar-refractivity contribution >= 4 is 19.4 Å². The zero-order valence-corrected chi connectivity index (χ0v) is 16.7. The number of rotatable bonds is 5. The van der Waals surface area contributed by atoms with E-state index in [4.69, 9.17) is 19.4 Å². The summed E-state index contributed by atoms with van der Waals surface area (Å²) >= 11 is -0.931. The molecule has 1 saturated heterocycles. The van der Waals surface area contributed by atoms with Gasteiger partial charge >= 0.3 is 34.5 Å². The third-order valence-corrected chi connectivity index (χ3v) is 3.43. The van der Waals surface area contributed by atoms with Crippen molar-refractivity contribution < 1.29 is 15.1 Å². The van der Waals surface area contributed by atoms with Crippen molar-refractivity contribution in [1.29, 1.82) is 0 Å². The Bertz CT molecular complexity index is 305. The van der Waals surface area contributed by atoms with Crippen LogP contribution in [0.1, 0.15) is 25.7 Å². The average molecular weight is 370 g/mol. The van der Waals surface area contributed by atoms with Crippen molar-refractivity contribution in [1.82, 2.24) is 4.90 Å². The molecule has 0 aromatic heterocycles. The van der Waals surface area contributed by atoms with Gasteiger partial charge in [-0.05, 0) is 20.0 Å². The standard InChI is InChI=1S/C14H23N3.2ClH.Zn/c1-17(12-14-7-3-5-10-16-14)11-8-13-6-2-4-9-15-13;;;/h2,4,6,14H,3,5,7-12H2,1H3;2*1H;/q-2;;;+2/p-2. The molecule has 1 fully saturated rings. The predicted octanol–water partition coefficient (Wildman–Crippen LogP) is 4.44. The summed E-state index contributed by atoms with van der Waals surface area (Å²) in [5, 5.41) is 9.15. The van der Waals surface area contributed by atoms with Crippen LogP contribution in [0.2, 0.25) is 0 Å². The number of likely N-dealkylation sites (N-methyl/N-ethyl adjacent to an activating group) is 1. The summed E-state index contributed by atoms with van der Waals surface area (Å²) in [5.41, 5.74) is 1.24. The molecule has 2 aliphatic heterocycles. The van der Waals surface area contributed by atoms with Gasteiger partial charge < -0.3 is 15.5 Å². The molecule has 0 aromatic carbocycles. The Hall–Kier alpha value is 0.403. The molecule has 3 nitrogen and oxygen atoms in total. The predicted molar refractivity (Wildman–Crippen MR) is 85.1 cm³/mol. The van der Waals surface area contributed by atoms with Crippen LogP contribution in [0.3, 0.4) is 0 Å². The van der Waals surface area contributed by atoms with Crippen LogP contribution in [0.5, 0.6) is 0 Å². The Morgan fingerprint density at radius 2 is 2.20 bits per heavy atom. The Labute approximate surface area is 138 Å². The number of hydrogen-bond acceptors (Lipinski definition) is 1. The Kier molecular flexibility index (Phi) is 11.1. The first-order valence-electron chi connectivity index (χ1n) is 7.26. The Morgan fingerprint density at radius 3 is 2.80 bits per heavy atom. The normalized spacial score (nSPS) is 21.4. The van der Waals surface area contributed by atoms with Gasteiger partial charge in [-0.2, -0.15) is 5.70 Å². The van der Waals surface area contributed by atoms with Crippen molar-refractivity contribution in [2.45, 2.75) is 31.7 Å². The van der Waals surface area contributed by atoms with Crippen LogP contribution in [0.4, 0.5) is 0 Å². The van der Waals surface area contributed by atoms with Gasteiger partial charge in [0.1, 0.15) is 0 Å². The summed E-state index contributed by atoms with van der Waals surface area (Å²) in [6.07, 6.45) is 11.3. The van der Waals surface area contributed by atoms with E-state index in [9.17, 15) is 0 Å². The first kappa shape index (κ1) is 18.5. The van der Waals surface area contributed by atoms with Gasteiger partial charge in [-0.25, -0.2) is 0 Å². The summed E-state index contributed by atoms with van der Waals surface area (Å²) < 4.78 is 0. The monoisotopic (exact) mass is 367 g/mol. The summed E-state index contributed by atoms with van der Waals surface area (Å²) in [4.78, 5) is 2.40. The van der Waals surface area contributed by atoms with E-state index in [0.29, 0.717) is 6.04 Å². The molecule has 20 heavy (non-hydrogen) atoms. The molecule has 0 aromatic rings. The molecule has 1 atom stereocenters. The van der Waals surface area contributed by atoms with Crippen molar-refractivity contribution in [3.63, 3.8) is 0 Å². The molecule has 0 N–H and O–H groups in total. The second kappa shape index (κ2) is 12.0. The summed E-state index contributed by atoms with van der Waals surface area (Å²) in [6, 6.07) is 0.575. The number of allylic oxidation sites excluding steroid dienone is 2. The molecule has 2 heterocycles. The topological polar surface area (TPSA) is 31.4 Å². The molecule has 2 aliphatic rings. The summed E-state index contributed by atoms with van der Waals surface area (Å²) in [6.45, 7) is 4.13. The fourth-order valence-corrected chi connectivity index (χ4v) is 2.39. The molecular formula is C14H23Cl2N3Zn-2. The molecule has 0 radical (unpaired) electrons. The molecule has 0 aliphatic carbocycles. The van der Waals surface area contributed by atoms with Crippen molar-refractivity contribution in [3.8, 4) is 0 Å². The van der Waals surface area contributed by atoms with Crippen LogP contribution in [0.15, 0.2) is 23.9 Å². The number of nitrogens with zero attached hydrogens (tertiary/aromatic N) is 3. The fraction of sp³-hybridized carbons (Fsp3) is 0.714. The third kappa shape index (κ3) is 8.64. The molecule has 0 bridgehead atoms. The van der Waals surface area contributed by atoms with Crippen LogP contribution >= 0.6 is 19.4 Å². The van der Waals surface area contributed by atoms with E-state index in [2.05, 4.69) is 40.8 Å². The maximum atomic E-state index is 4.95. The second-order valence-corrected chi connectivity index (χ2v) is 9.72. The van der Waals surface area contributed by atoms with E-state index in [-0.39, 0.29) is 0 Å². The zero-order chi connectivity index (χ0) is 14.6. The number of hydrogen-bond donors (Lipinski definition) is 0. The van der Waals surface area contributed by atoms with Crippen LogP contribution in [0.25, 0.3) is 10.6 Å². The summed E-state index contributed by atoms with van der Waals surface area (Å²) in [5.74, 6) is 0. The first-order chi connectivity index (χ1) is 9.76. The van der Waals surface area contributed by atoms with Crippen molar-refractivity contribution in [2.75, 3.05) is 33.2 Å². The van der Waals surface area contributed by atoms with Crippen molar-refractivity contribution in [2.24, 2.45) is 0 Å². The van der Waals surface area contributed by atoms with Gasteiger partial charge in [0.05, 0.1) is 0 Å². The first-order valence-corrected chi connectivity index (χ1v) is 15.1. The van der Waals surface area contributed by atoms with E-state index in [1.807, 2.05) is 0 Å². The molecule has 0 spiro atoms. The van der Waals surface area contributed by atoms with Crippen LogP contribution < -0.4 is 0 Å². The third-order valence-electron chi connectivity index (χ3n) is 3.43. The molecular weight excluding hydrogens is 346 g/mol. The van der Waals surface area contributed by atoms with E-state index >= 15 is 0 Å². The minimum absolute atomic E-state index is 0.575. The Morgan fingerprint density at radius 1 is 1.40 bits per heavy atom. The molecule has 0 saturated carbocycles. The Balaban J connectivity index is 0.000000612. The van der Waals surface area contributed by atoms with Gasteiger partial charge in [0, 0.05) is 6.54 Å². The molecule has 2 rings (SSSR count). The maximum absolute atomic E-state index is 4.95. The van der Waals surface area contributed by atoms with Crippen LogP contribution in [-0.4, -0.2) is 44.2 Å². The van der Waals surface area contributed by atoms with Crippen LogP contribution in [-0.2, 0) is 15.1 Å². The summed E-state index contributed by atoms with van der Waals surface area (Å²) in [7, 11) is 12.1. The van der Waals surface area contributed by atoms with Gasteiger partial charge in [-0.3, -0.25) is 0 Å². The minimum atomic E-state index is -0.931. The SMILES string of the molecule is CN(CCC1=CC=CC[N-]1)CC1CCCC[N-]1.[Cl][Zn][Cl]. The van der Waals surface area contributed by atoms with Gasteiger partial charge in [0.2, 0.25) is 0 Å². The molecule has 0 amide bonds. The van der Waals surface area contributed by atoms with E-state index in [0.717, 1.165) is 32.6 Å². The van der Waals surface area contributed by atoms with Gasteiger partial charge in [-0.15, -0.1) is 25.2 Å². The van der Waals surface area contributed by atoms with Crippen molar-refractivity contribution in [3.05, 3.63) is 34.6 Å². The van der Waals surface area contributed by atoms with E-state index in [1.54, 1.807) is 0 Å². The van der Waals surface area contributed by atoms with Crippen LogP contribution in [0, 0.1) is 0 Å². The fourth-order valence-electron chi connectivity index (χ4n) is 2.39. The number of piperidine rings is 1.